The van der Waals surface area contributed by atoms with Crippen molar-refractivity contribution in [2.75, 3.05) is 31.1 Å². The highest BCUT2D eigenvalue weighted by Crippen LogP contribution is 2.39. The standard InChI is InChI=1S/C28H35N3O2SSi/c1-28(2,3)35(23-13-7-4-8-14-23,24-15-9-5-10-16-24)33-22-19-31(20-22)27-29-25(21-34-27)26(32)30-17-11-6-12-18-30/h4-5,7-10,13-16,21-22H,6,11-12,17-20H2,1-3H3. The van der Waals surface area contributed by atoms with Gasteiger partial charge >= 0.3 is 0 Å². The van der Waals surface area contributed by atoms with Gasteiger partial charge in [-0.3, -0.25) is 4.79 Å². The van der Waals surface area contributed by atoms with Crippen LogP contribution in [-0.2, 0) is 4.43 Å². The lowest BCUT2D eigenvalue weighted by molar-refractivity contribution is 0.0719. The number of hydrogen-bond acceptors (Lipinski definition) is 5. The van der Waals surface area contributed by atoms with Crippen molar-refractivity contribution in [1.29, 1.82) is 0 Å². The molecule has 5 nitrogen and oxygen atoms in total. The smallest absolute Gasteiger partial charge is 0.273 e. The van der Waals surface area contributed by atoms with Crippen molar-refractivity contribution in [2.24, 2.45) is 0 Å². The molecule has 0 atom stereocenters. The maximum Gasteiger partial charge on any atom is 0.273 e. The van der Waals surface area contributed by atoms with Crippen LogP contribution >= 0.6 is 11.3 Å². The molecule has 7 heteroatoms. The van der Waals surface area contributed by atoms with Gasteiger partial charge in [-0.2, -0.15) is 0 Å². The highest BCUT2D eigenvalue weighted by Gasteiger charge is 2.52. The van der Waals surface area contributed by atoms with Crippen LogP contribution in [0.25, 0.3) is 0 Å². The third-order valence-electron chi connectivity index (χ3n) is 7.23. The van der Waals surface area contributed by atoms with Gasteiger partial charge in [0.05, 0.1) is 6.10 Å². The molecule has 2 aliphatic rings. The Balaban J connectivity index is 1.34. The zero-order chi connectivity index (χ0) is 24.5. The summed E-state index contributed by atoms with van der Waals surface area (Å²) in [6, 6.07) is 21.6. The van der Waals surface area contributed by atoms with Gasteiger partial charge in [0.25, 0.3) is 14.2 Å². The second-order valence-electron chi connectivity index (χ2n) is 10.7. The quantitative estimate of drug-likeness (QED) is 0.462. The van der Waals surface area contributed by atoms with Crippen LogP contribution in [0, 0.1) is 0 Å². The minimum absolute atomic E-state index is 0.0364. The SMILES string of the molecule is CC(C)(C)[Si](OC1CN(c2nc(C(=O)N3CCCCC3)cs2)C1)(c1ccccc1)c1ccccc1. The van der Waals surface area contributed by atoms with Crippen molar-refractivity contribution >= 4 is 41.1 Å². The molecule has 2 fully saturated rings. The average Bonchev–Trinajstić information content (AvgIpc) is 3.33. The van der Waals surface area contributed by atoms with Crippen molar-refractivity contribution in [1.82, 2.24) is 9.88 Å². The molecule has 0 radical (unpaired) electrons. The highest BCUT2D eigenvalue weighted by molar-refractivity contribution is 7.14. The van der Waals surface area contributed by atoms with Crippen LogP contribution in [0.4, 0.5) is 5.13 Å². The molecule has 184 valence electrons. The number of aromatic nitrogens is 1. The molecule has 1 aromatic heterocycles. The molecule has 0 spiro atoms. The van der Waals surface area contributed by atoms with Crippen LogP contribution in [0.1, 0.15) is 50.5 Å². The van der Waals surface area contributed by atoms with Gasteiger partial charge in [-0.05, 0) is 34.7 Å². The van der Waals surface area contributed by atoms with E-state index in [1.165, 1.54) is 16.8 Å². The van der Waals surface area contributed by atoms with Crippen molar-refractivity contribution in [3.8, 4) is 0 Å². The second kappa shape index (κ2) is 9.88. The predicted octanol–water partition coefficient (Wildman–Crippen LogP) is 4.53. The summed E-state index contributed by atoms with van der Waals surface area (Å²) in [6.45, 7) is 10.2. The van der Waals surface area contributed by atoms with E-state index in [9.17, 15) is 4.79 Å². The molecule has 1 amide bonds. The van der Waals surface area contributed by atoms with Crippen LogP contribution in [0.3, 0.4) is 0 Å². The summed E-state index contributed by atoms with van der Waals surface area (Å²) in [4.78, 5) is 21.8. The van der Waals surface area contributed by atoms with Gasteiger partial charge in [0.1, 0.15) is 5.69 Å². The Morgan fingerprint density at radius 3 is 2.06 bits per heavy atom. The molecule has 0 unspecified atom stereocenters. The summed E-state index contributed by atoms with van der Waals surface area (Å²) in [6.07, 6.45) is 3.53. The van der Waals surface area contributed by atoms with E-state index in [1.54, 1.807) is 11.3 Å². The number of carbonyl (C=O) groups excluding carboxylic acids is 1. The lowest BCUT2D eigenvalue weighted by Gasteiger charge is -2.49. The molecule has 5 rings (SSSR count). The maximum absolute atomic E-state index is 12.9. The van der Waals surface area contributed by atoms with Crippen LogP contribution in [-0.4, -0.2) is 56.4 Å². The fourth-order valence-electron chi connectivity index (χ4n) is 5.38. The van der Waals surface area contributed by atoms with Crippen LogP contribution < -0.4 is 15.3 Å². The van der Waals surface area contributed by atoms with Gasteiger partial charge in [-0.15, -0.1) is 11.3 Å². The van der Waals surface area contributed by atoms with Crippen molar-refractivity contribution < 1.29 is 9.22 Å². The topological polar surface area (TPSA) is 45.7 Å². The Morgan fingerprint density at radius 2 is 1.51 bits per heavy atom. The number of amides is 1. The molecule has 0 bridgehead atoms. The van der Waals surface area contributed by atoms with E-state index in [-0.39, 0.29) is 17.0 Å². The maximum atomic E-state index is 12.9. The Bertz CT molecular complexity index is 1090. The largest absolute Gasteiger partial charge is 0.401 e. The molecule has 0 N–H and O–H groups in total. The summed E-state index contributed by atoms with van der Waals surface area (Å²) in [5.41, 5.74) is 0.586. The van der Waals surface area contributed by atoms with E-state index >= 15 is 0 Å². The summed E-state index contributed by atoms with van der Waals surface area (Å²) in [5.74, 6) is 0.0767. The number of rotatable bonds is 6. The van der Waals surface area contributed by atoms with Crippen molar-refractivity contribution in [3.63, 3.8) is 0 Å². The van der Waals surface area contributed by atoms with Gasteiger partial charge in [0.15, 0.2) is 5.13 Å². The molecule has 2 aromatic carbocycles. The third-order valence-corrected chi connectivity index (χ3v) is 13.2. The summed E-state index contributed by atoms with van der Waals surface area (Å²) >= 11 is 1.57. The normalized spacial score (nSPS) is 17.3. The number of piperidine rings is 1. The third kappa shape index (κ3) is 4.69. The Morgan fingerprint density at radius 1 is 0.943 bits per heavy atom. The fourth-order valence-corrected chi connectivity index (χ4v) is 10.9. The highest BCUT2D eigenvalue weighted by atomic mass is 32.1. The number of benzene rings is 2. The Labute approximate surface area is 213 Å². The first-order valence-corrected chi connectivity index (χ1v) is 15.5. The Hall–Kier alpha value is -2.48. The van der Waals surface area contributed by atoms with Gasteiger partial charge in [-0.1, -0.05) is 81.4 Å². The number of thiazole rings is 1. The lowest BCUT2D eigenvalue weighted by atomic mass is 10.1. The van der Waals surface area contributed by atoms with Gasteiger partial charge in [0, 0.05) is 31.6 Å². The molecule has 0 aliphatic carbocycles. The first-order chi connectivity index (χ1) is 16.9. The number of carbonyl (C=O) groups is 1. The summed E-state index contributed by atoms with van der Waals surface area (Å²) in [7, 11) is -2.55. The minimum Gasteiger partial charge on any atom is -0.401 e. The summed E-state index contributed by atoms with van der Waals surface area (Å²) < 4.78 is 7.21. The van der Waals surface area contributed by atoms with E-state index < -0.39 is 8.32 Å². The first kappa shape index (κ1) is 24.2. The van der Waals surface area contributed by atoms with Crippen LogP contribution in [0.15, 0.2) is 66.0 Å². The van der Waals surface area contributed by atoms with Crippen LogP contribution in [0.5, 0.6) is 0 Å². The van der Waals surface area contributed by atoms with Crippen molar-refractivity contribution in [3.05, 3.63) is 71.7 Å². The van der Waals surface area contributed by atoms with Gasteiger partial charge in [-0.25, -0.2) is 4.98 Å². The first-order valence-electron chi connectivity index (χ1n) is 12.7. The van der Waals surface area contributed by atoms with Gasteiger partial charge in [0.2, 0.25) is 0 Å². The molecular formula is C28H35N3O2SSi. The molecular weight excluding hydrogens is 470 g/mol. The summed E-state index contributed by atoms with van der Waals surface area (Å²) in [5, 5.41) is 5.42. The molecule has 0 saturated carbocycles. The molecule has 35 heavy (non-hydrogen) atoms. The van der Waals surface area contributed by atoms with E-state index in [2.05, 4.69) is 86.3 Å². The van der Waals surface area contributed by atoms with E-state index in [0.717, 1.165) is 44.2 Å². The fraction of sp³-hybridized carbons (Fsp3) is 0.429. The molecule has 3 aromatic rings. The number of likely N-dealkylation sites (tertiary alicyclic amines) is 1. The monoisotopic (exact) mass is 505 g/mol. The number of anilines is 1. The van der Waals surface area contributed by atoms with E-state index in [1.807, 2.05) is 10.3 Å². The van der Waals surface area contributed by atoms with Gasteiger partial charge < -0.3 is 14.2 Å². The zero-order valence-electron chi connectivity index (χ0n) is 20.9. The van der Waals surface area contributed by atoms with Crippen molar-refractivity contribution in [2.45, 2.75) is 51.2 Å². The predicted molar refractivity (Wildman–Crippen MR) is 147 cm³/mol. The second-order valence-corrected chi connectivity index (χ2v) is 15.8. The molecule has 3 heterocycles. The lowest BCUT2D eigenvalue weighted by Crippen LogP contribution is -2.70. The zero-order valence-corrected chi connectivity index (χ0v) is 22.8. The number of hydrogen-bond donors (Lipinski definition) is 0. The number of nitrogens with zero attached hydrogens (tertiary/aromatic N) is 3. The minimum atomic E-state index is -2.55. The van der Waals surface area contributed by atoms with Crippen LogP contribution in [0.2, 0.25) is 5.04 Å². The molecule has 2 saturated heterocycles. The molecule has 2 aliphatic heterocycles. The van der Waals surface area contributed by atoms with E-state index in [4.69, 9.17) is 9.41 Å². The van der Waals surface area contributed by atoms with E-state index in [0.29, 0.717) is 5.69 Å². The average molecular weight is 506 g/mol. The Kier molecular flexibility index (Phi) is 6.83.